The molecule has 2 aliphatic rings. The van der Waals surface area contributed by atoms with E-state index in [2.05, 4.69) is 60.4 Å². The van der Waals surface area contributed by atoms with Crippen LogP contribution in [0.4, 0.5) is 0 Å². The second-order valence-electron chi connectivity index (χ2n) is 10.6. The number of H-pyrrole nitrogens is 1. The molecule has 0 radical (unpaired) electrons. The Balaban J connectivity index is 2.10. The molecule has 3 rings (SSSR count). The second kappa shape index (κ2) is 9.52. The van der Waals surface area contributed by atoms with Gasteiger partial charge in [0.25, 0.3) is 5.56 Å². The summed E-state index contributed by atoms with van der Waals surface area (Å²) in [6, 6.07) is 0. The summed E-state index contributed by atoms with van der Waals surface area (Å²) in [7, 11) is -4.10. The van der Waals surface area contributed by atoms with Gasteiger partial charge in [0.15, 0.2) is 0 Å². The Labute approximate surface area is 197 Å². The fourth-order valence-corrected chi connectivity index (χ4v) is 16.4. The van der Waals surface area contributed by atoms with Crippen LogP contribution >= 0.6 is 0 Å². The van der Waals surface area contributed by atoms with E-state index in [9.17, 15) is 14.7 Å². The smallest absolute Gasteiger partial charge is 0.335 e. The minimum absolute atomic E-state index is 0.108. The van der Waals surface area contributed by atoms with Crippen molar-refractivity contribution in [2.75, 3.05) is 6.61 Å². The van der Waals surface area contributed by atoms with Gasteiger partial charge in [0.05, 0.1) is 12.2 Å². The van der Waals surface area contributed by atoms with Crippen LogP contribution in [0.3, 0.4) is 0 Å². The summed E-state index contributed by atoms with van der Waals surface area (Å²) >= 11 is 0. The molecule has 2 aliphatic heterocycles. The second-order valence-corrected chi connectivity index (χ2v) is 19.4. The van der Waals surface area contributed by atoms with Crippen LogP contribution in [-0.4, -0.2) is 56.7 Å². The zero-order valence-electron chi connectivity index (χ0n) is 21.2. The Morgan fingerprint density at radius 1 is 1.00 bits per heavy atom. The minimum atomic E-state index is -2.92. The molecule has 2 saturated heterocycles. The highest BCUT2D eigenvalue weighted by atomic mass is 28.5. The Morgan fingerprint density at radius 3 is 2.06 bits per heavy atom. The van der Waals surface area contributed by atoms with Crippen LogP contribution in [0.1, 0.15) is 67.1 Å². The number of aromatic nitrogens is 2. The normalized spacial score (nSPS) is 29.5. The summed E-state index contributed by atoms with van der Waals surface area (Å²) in [6.07, 6.45) is -1.87. The van der Waals surface area contributed by atoms with Crippen molar-refractivity contribution < 1.29 is 22.8 Å². The number of ether oxygens (including phenoxy) is 1. The summed E-state index contributed by atoms with van der Waals surface area (Å²) in [5, 5.41) is 11.3. The lowest BCUT2D eigenvalue weighted by atomic mass is 10.0. The van der Waals surface area contributed by atoms with Crippen molar-refractivity contribution in [2.24, 2.45) is 7.05 Å². The molecule has 4 atom stereocenters. The van der Waals surface area contributed by atoms with E-state index in [0.717, 1.165) is 0 Å². The van der Waals surface area contributed by atoms with E-state index in [1.165, 1.54) is 10.8 Å². The number of fused-ring (bicyclic) bond motifs is 1. The number of nitrogens with one attached hydrogen (secondary N) is 1. The van der Waals surface area contributed by atoms with Crippen LogP contribution in [0.15, 0.2) is 15.8 Å². The van der Waals surface area contributed by atoms with Crippen molar-refractivity contribution in [1.29, 1.82) is 0 Å². The summed E-state index contributed by atoms with van der Waals surface area (Å²) in [6.45, 7) is 17.2. The fourth-order valence-electron chi connectivity index (χ4n) is 5.20. The minimum Gasteiger partial charge on any atom is -0.414 e. The van der Waals surface area contributed by atoms with Crippen LogP contribution in [0, 0.1) is 0 Å². The third kappa shape index (κ3) is 4.48. The highest BCUT2D eigenvalue weighted by Crippen LogP contribution is 2.48. The molecule has 2 fully saturated rings. The first-order valence-corrected chi connectivity index (χ1v) is 15.9. The zero-order valence-corrected chi connectivity index (χ0v) is 23.2. The molecule has 0 amide bonds. The number of hydrogen-bond donors (Lipinski definition) is 2. The zero-order chi connectivity index (χ0) is 24.9. The first-order valence-electron chi connectivity index (χ1n) is 11.9. The molecule has 3 heterocycles. The van der Waals surface area contributed by atoms with Gasteiger partial charge in [0.1, 0.15) is 24.4 Å². The standard InChI is InChI=1S/C22H40N2O7Si2/c1-12(2)32(13(3)4)28-11-17-20(30-33(31-32,14(5)6)15(7)8)18(25)19(29-17)16-10-24(9)22(27)23-21(16)26/h10,12-15,17-20,25H,11H2,1-9H3,(H,23,26,27)/t17-,18+,19+,20-/m1/s1. The van der Waals surface area contributed by atoms with Crippen molar-refractivity contribution in [3.8, 4) is 0 Å². The number of aliphatic hydroxyl groups is 1. The molecule has 0 unspecified atom stereocenters. The van der Waals surface area contributed by atoms with Gasteiger partial charge < -0.3 is 27.4 Å². The third-order valence-electron chi connectivity index (χ3n) is 7.11. The molecule has 0 aliphatic carbocycles. The van der Waals surface area contributed by atoms with E-state index in [4.69, 9.17) is 17.7 Å². The number of hydrogen-bond acceptors (Lipinski definition) is 7. The van der Waals surface area contributed by atoms with Crippen LogP contribution in [0.2, 0.25) is 22.2 Å². The number of aromatic amines is 1. The molecule has 0 saturated carbocycles. The fraction of sp³-hybridized carbons (Fsp3) is 0.818. The number of rotatable bonds is 5. The molecule has 11 heteroatoms. The highest BCUT2D eigenvalue weighted by molar-refractivity contribution is 6.83. The molecule has 0 spiro atoms. The molecule has 1 aromatic heterocycles. The Bertz CT molecular complexity index is 943. The van der Waals surface area contributed by atoms with Gasteiger partial charge in [-0.25, -0.2) is 4.79 Å². The highest BCUT2D eigenvalue weighted by Gasteiger charge is 2.61. The molecule has 33 heavy (non-hydrogen) atoms. The predicted molar refractivity (Wildman–Crippen MR) is 130 cm³/mol. The van der Waals surface area contributed by atoms with Crippen molar-refractivity contribution in [3.63, 3.8) is 0 Å². The lowest BCUT2D eigenvalue weighted by Gasteiger charge is -2.51. The topological polar surface area (TPSA) is 112 Å². The van der Waals surface area contributed by atoms with E-state index < -0.39 is 52.8 Å². The van der Waals surface area contributed by atoms with Crippen LogP contribution in [0.25, 0.3) is 0 Å². The van der Waals surface area contributed by atoms with Gasteiger partial charge in [-0.2, -0.15) is 0 Å². The van der Waals surface area contributed by atoms with Crippen LogP contribution in [-0.2, 0) is 24.8 Å². The lowest BCUT2D eigenvalue weighted by Crippen LogP contribution is -2.65. The molecule has 0 aromatic carbocycles. The van der Waals surface area contributed by atoms with Crippen molar-refractivity contribution in [1.82, 2.24) is 9.55 Å². The van der Waals surface area contributed by atoms with E-state index in [-0.39, 0.29) is 34.3 Å². The molecule has 1 aromatic rings. The van der Waals surface area contributed by atoms with Gasteiger partial charge in [-0.05, 0) is 22.2 Å². The molecule has 9 nitrogen and oxygen atoms in total. The molecule has 188 valence electrons. The van der Waals surface area contributed by atoms with Gasteiger partial charge >= 0.3 is 22.8 Å². The maximum Gasteiger partial charge on any atom is 0.335 e. The maximum atomic E-state index is 12.6. The predicted octanol–water partition coefficient (Wildman–Crippen LogP) is 2.83. The van der Waals surface area contributed by atoms with E-state index >= 15 is 0 Å². The Morgan fingerprint density at radius 2 is 1.55 bits per heavy atom. The summed E-state index contributed by atoms with van der Waals surface area (Å²) < 4.78 is 28.1. The van der Waals surface area contributed by atoms with Gasteiger partial charge in [0.2, 0.25) is 0 Å². The first-order chi connectivity index (χ1) is 15.3. The van der Waals surface area contributed by atoms with Gasteiger partial charge in [-0.1, -0.05) is 55.4 Å². The maximum absolute atomic E-state index is 12.6. The van der Waals surface area contributed by atoms with E-state index in [0.29, 0.717) is 0 Å². The SMILES string of the molecule is CC(C)[Si]1(C(C)C)OC[C@H]2O[C@@H](c3cn(C)c(=O)[nH]c3=O)[C@H](O)[C@@H]2O[Si](C(C)C)(C(C)C)O1. The quantitative estimate of drug-likeness (QED) is 0.598. The third-order valence-corrected chi connectivity index (χ3v) is 17.4. The summed E-state index contributed by atoms with van der Waals surface area (Å²) in [5.74, 6) is 0. The van der Waals surface area contributed by atoms with Crippen molar-refractivity contribution in [2.45, 2.75) is 102 Å². The number of aryl methyl sites for hydroxylation is 1. The summed E-state index contributed by atoms with van der Waals surface area (Å²) in [4.78, 5) is 26.7. The average molecular weight is 501 g/mol. The van der Waals surface area contributed by atoms with Crippen LogP contribution < -0.4 is 11.2 Å². The average Bonchev–Trinajstić information content (AvgIpc) is 2.98. The largest absolute Gasteiger partial charge is 0.414 e. The number of nitrogens with zero attached hydrogens (tertiary/aromatic N) is 1. The lowest BCUT2D eigenvalue weighted by molar-refractivity contribution is -0.0394. The Hall–Kier alpha value is -1.09. The molecule has 0 bridgehead atoms. The molecular formula is C22H40N2O7Si2. The van der Waals surface area contributed by atoms with Crippen molar-refractivity contribution >= 4 is 17.1 Å². The van der Waals surface area contributed by atoms with E-state index in [1.54, 1.807) is 7.05 Å². The molecular weight excluding hydrogens is 460 g/mol. The van der Waals surface area contributed by atoms with Gasteiger partial charge in [-0.3, -0.25) is 9.78 Å². The monoisotopic (exact) mass is 500 g/mol. The molecule has 2 N–H and O–H groups in total. The van der Waals surface area contributed by atoms with Crippen LogP contribution in [0.5, 0.6) is 0 Å². The van der Waals surface area contributed by atoms with Gasteiger partial charge in [0, 0.05) is 13.2 Å². The summed E-state index contributed by atoms with van der Waals surface area (Å²) in [5.41, 5.74) is -0.304. The van der Waals surface area contributed by atoms with Gasteiger partial charge in [-0.15, -0.1) is 0 Å². The van der Waals surface area contributed by atoms with Crippen molar-refractivity contribution in [3.05, 3.63) is 32.6 Å². The van der Waals surface area contributed by atoms with E-state index in [1.807, 2.05) is 0 Å². The Kier molecular flexibility index (Phi) is 7.65. The number of aliphatic hydroxyl groups excluding tert-OH is 1. The first kappa shape index (κ1) is 26.5.